The van der Waals surface area contributed by atoms with E-state index in [4.69, 9.17) is 10.5 Å². The van der Waals surface area contributed by atoms with Gasteiger partial charge in [-0.2, -0.15) is 0 Å². The quantitative estimate of drug-likeness (QED) is 0.607. The van der Waals surface area contributed by atoms with Crippen LogP contribution in [0.15, 0.2) is 24.3 Å². The van der Waals surface area contributed by atoms with Crippen LogP contribution >= 0.6 is 0 Å². The Kier molecular flexibility index (Phi) is 5.49. The molecular weight excluding hydrogens is 218 g/mol. The van der Waals surface area contributed by atoms with Gasteiger partial charge in [0.2, 0.25) is 0 Å². The summed E-state index contributed by atoms with van der Waals surface area (Å²) in [7, 11) is 1.38. The Balaban J connectivity index is 2.44. The van der Waals surface area contributed by atoms with Crippen molar-refractivity contribution in [3.8, 4) is 5.75 Å². The zero-order valence-electron chi connectivity index (χ0n) is 10.3. The second kappa shape index (κ2) is 6.91. The third-order valence-corrected chi connectivity index (χ3v) is 2.42. The molecule has 0 aliphatic rings. The fraction of sp³-hybridized carbons (Fsp3) is 0.462. The zero-order valence-corrected chi connectivity index (χ0v) is 10.3. The summed E-state index contributed by atoms with van der Waals surface area (Å²) in [4.78, 5) is 10.9. The molecule has 0 bridgehead atoms. The van der Waals surface area contributed by atoms with Crippen LogP contribution in [-0.4, -0.2) is 19.7 Å². The smallest absolute Gasteiger partial charge is 0.305 e. The van der Waals surface area contributed by atoms with Gasteiger partial charge in [-0.05, 0) is 19.4 Å². The molecule has 0 aliphatic carbocycles. The van der Waals surface area contributed by atoms with Crippen LogP contribution in [0.2, 0.25) is 0 Å². The van der Waals surface area contributed by atoms with Crippen molar-refractivity contribution in [2.75, 3.05) is 13.7 Å². The number of hydrogen-bond donors (Lipinski definition) is 1. The molecule has 0 radical (unpaired) electrons. The summed E-state index contributed by atoms with van der Waals surface area (Å²) < 4.78 is 10.2. The van der Waals surface area contributed by atoms with Crippen LogP contribution in [0, 0.1) is 0 Å². The van der Waals surface area contributed by atoms with Gasteiger partial charge in [0.25, 0.3) is 0 Å². The molecule has 1 aromatic carbocycles. The Morgan fingerprint density at radius 3 is 2.76 bits per heavy atom. The molecule has 0 saturated carbocycles. The van der Waals surface area contributed by atoms with Gasteiger partial charge in [-0.15, -0.1) is 0 Å². The Labute approximate surface area is 102 Å². The molecule has 0 aliphatic heterocycles. The van der Waals surface area contributed by atoms with Crippen molar-refractivity contribution in [2.45, 2.75) is 25.8 Å². The summed E-state index contributed by atoms with van der Waals surface area (Å²) in [6.45, 7) is 2.40. The van der Waals surface area contributed by atoms with Crippen LogP contribution in [0.1, 0.15) is 31.4 Å². The highest BCUT2D eigenvalue weighted by Crippen LogP contribution is 2.23. The Hall–Kier alpha value is -1.55. The van der Waals surface area contributed by atoms with Gasteiger partial charge in [-0.25, -0.2) is 0 Å². The van der Waals surface area contributed by atoms with Crippen LogP contribution in [0.4, 0.5) is 0 Å². The second-order valence-corrected chi connectivity index (χ2v) is 3.85. The highest BCUT2D eigenvalue weighted by Gasteiger charge is 2.07. The maximum absolute atomic E-state index is 10.9. The Bertz CT molecular complexity index is 363. The lowest BCUT2D eigenvalue weighted by atomic mass is 10.1. The molecule has 2 N–H and O–H groups in total. The lowest BCUT2D eigenvalue weighted by Crippen LogP contribution is -2.09. The second-order valence-electron chi connectivity index (χ2n) is 3.85. The van der Waals surface area contributed by atoms with E-state index in [1.165, 1.54) is 7.11 Å². The predicted molar refractivity (Wildman–Crippen MR) is 65.8 cm³/mol. The molecular formula is C13H19NO3. The number of carbonyl (C=O) groups excluding carboxylic acids is 1. The van der Waals surface area contributed by atoms with Gasteiger partial charge in [0.1, 0.15) is 5.75 Å². The van der Waals surface area contributed by atoms with Crippen molar-refractivity contribution in [3.05, 3.63) is 29.8 Å². The van der Waals surface area contributed by atoms with Gasteiger partial charge in [-0.3, -0.25) is 4.79 Å². The summed E-state index contributed by atoms with van der Waals surface area (Å²) in [5.74, 6) is 0.571. The van der Waals surface area contributed by atoms with Crippen molar-refractivity contribution in [3.63, 3.8) is 0 Å². The molecule has 0 unspecified atom stereocenters. The minimum Gasteiger partial charge on any atom is -0.493 e. The van der Waals surface area contributed by atoms with Crippen molar-refractivity contribution in [1.82, 2.24) is 0 Å². The summed E-state index contributed by atoms with van der Waals surface area (Å²) >= 11 is 0. The first-order valence-corrected chi connectivity index (χ1v) is 5.69. The molecule has 1 atom stereocenters. The minimum absolute atomic E-state index is 0.0631. The van der Waals surface area contributed by atoms with Gasteiger partial charge in [0.15, 0.2) is 0 Å². The van der Waals surface area contributed by atoms with E-state index in [9.17, 15) is 4.79 Å². The van der Waals surface area contributed by atoms with Crippen LogP contribution in [0.25, 0.3) is 0 Å². The van der Waals surface area contributed by atoms with Gasteiger partial charge >= 0.3 is 5.97 Å². The summed E-state index contributed by atoms with van der Waals surface area (Å²) in [5.41, 5.74) is 6.81. The van der Waals surface area contributed by atoms with Crippen LogP contribution in [0.3, 0.4) is 0 Å². The van der Waals surface area contributed by atoms with Crippen LogP contribution in [0.5, 0.6) is 5.75 Å². The third-order valence-electron chi connectivity index (χ3n) is 2.42. The first-order valence-electron chi connectivity index (χ1n) is 5.69. The van der Waals surface area contributed by atoms with E-state index < -0.39 is 0 Å². The molecule has 0 amide bonds. The molecule has 0 aromatic heterocycles. The first kappa shape index (κ1) is 13.5. The number of benzene rings is 1. The van der Waals surface area contributed by atoms with E-state index in [-0.39, 0.29) is 12.0 Å². The van der Waals surface area contributed by atoms with Gasteiger partial charge in [-0.1, -0.05) is 18.2 Å². The maximum atomic E-state index is 10.9. The molecule has 0 fully saturated rings. The molecule has 0 saturated heterocycles. The summed E-state index contributed by atoms with van der Waals surface area (Å²) in [6, 6.07) is 7.60. The van der Waals surface area contributed by atoms with Gasteiger partial charge in [0, 0.05) is 18.0 Å². The third kappa shape index (κ3) is 4.44. The Morgan fingerprint density at radius 2 is 2.12 bits per heavy atom. The van der Waals surface area contributed by atoms with E-state index in [0.29, 0.717) is 19.4 Å². The average Bonchev–Trinajstić information content (AvgIpc) is 2.34. The molecule has 17 heavy (non-hydrogen) atoms. The fourth-order valence-corrected chi connectivity index (χ4v) is 1.49. The van der Waals surface area contributed by atoms with Gasteiger partial charge in [0.05, 0.1) is 13.7 Å². The lowest BCUT2D eigenvalue weighted by Gasteiger charge is -2.13. The van der Waals surface area contributed by atoms with E-state index in [1.807, 2.05) is 31.2 Å². The first-order chi connectivity index (χ1) is 8.15. The number of nitrogens with two attached hydrogens (primary N) is 1. The standard InChI is InChI=1S/C13H19NO3/c1-10(14)11-6-3-4-7-12(11)17-9-5-8-13(15)16-2/h3-4,6-7,10H,5,8-9,14H2,1-2H3/t10-/m1/s1. The van der Waals surface area contributed by atoms with E-state index in [0.717, 1.165) is 11.3 Å². The number of ether oxygens (including phenoxy) is 2. The fourth-order valence-electron chi connectivity index (χ4n) is 1.49. The van der Waals surface area contributed by atoms with E-state index in [2.05, 4.69) is 4.74 Å². The van der Waals surface area contributed by atoms with Gasteiger partial charge < -0.3 is 15.2 Å². The number of hydrogen-bond acceptors (Lipinski definition) is 4. The lowest BCUT2D eigenvalue weighted by molar-refractivity contribution is -0.140. The Morgan fingerprint density at radius 1 is 1.41 bits per heavy atom. The average molecular weight is 237 g/mol. The van der Waals surface area contributed by atoms with Crippen molar-refractivity contribution in [1.29, 1.82) is 0 Å². The topological polar surface area (TPSA) is 61.5 Å². The maximum Gasteiger partial charge on any atom is 0.305 e. The van der Waals surface area contributed by atoms with E-state index >= 15 is 0 Å². The summed E-state index contributed by atoms with van der Waals surface area (Å²) in [6.07, 6.45) is 1.01. The monoisotopic (exact) mass is 237 g/mol. The highest BCUT2D eigenvalue weighted by atomic mass is 16.5. The molecule has 0 spiro atoms. The molecule has 0 heterocycles. The largest absolute Gasteiger partial charge is 0.493 e. The summed E-state index contributed by atoms with van der Waals surface area (Å²) in [5, 5.41) is 0. The molecule has 4 nitrogen and oxygen atoms in total. The van der Waals surface area contributed by atoms with Crippen LogP contribution < -0.4 is 10.5 Å². The van der Waals surface area contributed by atoms with Crippen molar-refractivity contribution >= 4 is 5.97 Å². The molecule has 1 rings (SSSR count). The SMILES string of the molecule is COC(=O)CCCOc1ccccc1[C@@H](C)N. The number of methoxy groups -OCH3 is 1. The molecule has 94 valence electrons. The number of carbonyl (C=O) groups is 1. The normalized spacial score (nSPS) is 11.9. The highest BCUT2D eigenvalue weighted by molar-refractivity contribution is 5.69. The number of para-hydroxylation sites is 1. The predicted octanol–water partition coefficient (Wildman–Crippen LogP) is 2.04. The number of esters is 1. The van der Waals surface area contributed by atoms with Crippen LogP contribution in [-0.2, 0) is 9.53 Å². The number of rotatable bonds is 6. The molecule has 4 heteroatoms. The van der Waals surface area contributed by atoms with E-state index in [1.54, 1.807) is 0 Å². The van der Waals surface area contributed by atoms with Crippen molar-refractivity contribution < 1.29 is 14.3 Å². The zero-order chi connectivity index (χ0) is 12.7. The molecule has 1 aromatic rings. The van der Waals surface area contributed by atoms with Crippen molar-refractivity contribution in [2.24, 2.45) is 5.73 Å². The minimum atomic E-state index is -0.214.